The number of nitrogens with one attached hydrogen (secondary N) is 1. The standard InChI is InChI=1S/C13H17BrN2O2/c1-2-18-10-6-9(7-10)16-13(17)11-5-8(14)3-4-12(11)15/h3-5,9-10H,2,6-7,15H2,1H3,(H,16,17). The van der Waals surface area contributed by atoms with Crippen molar-refractivity contribution in [2.45, 2.75) is 31.9 Å². The van der Waals surface area contributed by atoms with Crippen molar-refractivity contribution in [3.63, 3.8) is 0 Å². The Balaban J connectivity index is 1.91. The molecular formula is C13H17BrN2O2. The fraction of sp³-hybridized carbons (Fsp3) is 0.462. The van der Waals surface area contributed by atoms with Crippen LogP contribution in [0.25, 0.3) is 0 Å². The highest BCUT2D eigenvalue weighted by molar-refractivity contribution is 9.10. The zero-order valence-corrected chi connectivity index (χ0v) is 11.9. The molecule has 0 bridgehead atoms. The van der Waals surface area contributed by atoms with Gasteiger partial charge in [-0.15, -0.1) is 0 Å². The van der Waals surface area contributed by atoms with Gasteiger partial charge in [0.25, 0.3) is 5.91 Å². The highest BCUT2D eigenvalue weighted by atomic mass is 79.9. The van der Waals surface area contributed by atoms with E-state index in [-0.39, 0.29) is 11.9 Å². The summed E-state index contributed by atoms with van der Waals surface area (Å²) in [6, 6.07) is 5.49. The predicted molar refractivity (Wildman–Crippen MR) is 74.5 cm³/mol. The predicted octanol–water partition coefficient (Wildman–Crippen LogP) is 2.33. The summed E-state index contributed by atoms with van der Waals surface area (Å²) in [5.41, 5.74) is 6.81. The van der Waals surface area contributed by atoms with Crippen LogP contribution in [-0.2, 0) is 4.74 Å². The van der Waals surface area contributed by atoms with Gasteiger partial charge >= 0.3 is 0 Å². The highest BCUT2D eigenvalue weighted by Crippen LogP contribution is 2.24. The van der Waals surface area contributed by atoms with Crippen molar-refractivity contribution in [2.75, 3.05) is 12.3 Å². The molecule has 0 radical (unpaired) electrons. The average molecular weight is 313 g/mol. The highest BCUT2D eigenvalue weighted by Gasteiger charge is 2.31. The van der Waals surface area contributed by atoms with E-state index in [9.17, 15) is 4.79 Å². The van der Waals surface area contributed by atoms with Gasteiger partial charge in [-0.3, -0.25) is 4.79 Å². The molecule has 2 rings (SSSR count). The second kappa shape index (κ2) is 5.71. The van der Waals surface area contributed by atoms with E-state index in [0.29, 0.717) is 17.4 Å². The van der Waals surface area contributed by atoms with Crippen LogP contribution < -0.4 is 11.1 Å². The van der Waals surface area contributed by atoms with Gasteiger partial charge in [0, 0.05) is 22.8 Å². The molecule has 0 atom stereocenters. The van der Waals surface area contributed by atoms with Crippen molar-refractivity contribution in [3.05, 3.63) is 28.2 Å². The van der Waals surface area contributed by atoms with Gasteiger partial charge in [-0.25, -0.2) is 0 Å². The number of halogens is 1. The van der Waals surface area contributed by atoms with Gasteiger partial charge < -0.3 is 15.8 Å². The molecule has 1 aliphatic rings. The number of nitrogens with two attached hydrogens (primary N) is 1. The molecule has 1 amide bonds. The molecule has 98 valence electrons. The molecule has 1 aliphatic carbocycles. The number of amides is 1. The van der Waals surface area contributed by atoms with Crippen molar-refractivity contribution in [2.24, 2.45) is 0 Å². The van der Waals surface area contributed by atoms with Gasteiger partial charge in [-0.1, -0.05) is 15.9 Å². The molecule has 5 heteroatoms. The van der Waals surface area contributed by atoms with Gasteiger partial charge in [0.05, 0.1) is 11.7 Å². The molecule has 0 aliphatic heterocycles. The van der Waals surface area contributed by atoms with E-state index in [1.54, 1.807) is 12.1 Å². The number of anilines is 1. The first-order valence-electron chi connectivity index (χ1n) is 6.07. The zero-order chi connectivity index (χ0) is 13.1. The Morgan fingerprint density at radius 1 is 1.56 bits per heavy atom. The first-order chi connectivity index (χ1) is 8.60. The molecule has 18 heavy (non-hydrogen) atoms. The van der Waals surface area contributed by atoms with E-state index in [1.165, 1.54) is 0 Å². The molecule has 4 nitrogen and oxygen atoms in total. The maximum Gasteiger partial charge on any atom is 0.253 e. The van der Waals surface area contributed by atoms with Gasteiger partial charge in [0.1, 0.15) is 0 Å². The Morgan fingerprint density at radius 3 is 2.94 bits per heavy atom. The van der Waals surface area contributed by atoms with Crippen molar-refractivity contribution < 1.29 is 9.53 Å². The maximum absolute atomic E-state index is 12.0. The number of nitrogen functional groups attached to an aromatic ring is 1. The zero-order valence-electron chi connectivity index (χ0n) is 10.3. The summed E-state index contributed by atoms with van der Waals surface area (Å²) in [6.07, 6.45) is 2.06. The van der Waals surface area contributed by atoms with Crippen molar-refractivity contribution in [1.29, 1.82) is 0 Å². The van der Waals surface area contributed by atoms with Crippen LogP contribution in [0, 0.1) is 0 Å². The Labute approximate surface area is 115 Å². The fourth-order valence-electron chi connectivity index (χ4n) is 2.04. The minimum Gasteiger partial charge on any atom is -0.398 e. The van der Waals surface area contributed by atoms with Crippen LogP contribution in [0.2, 0.25) is 0 Å². The summed E-state index contributed by atoms with van der Waals surface area (Å²) in [5.74, 6) is -0.117. The fourth-order valence-corrected chi connectivity index (χ4v) is 2.40. The normalized spacial score (nSPS) is 22.3. The number of carbonyl (C=O) groups is 1. The minimum absolute atomic E-state index is 0.117. The van der Waals surface area contributed by atoms with Crippen LogP contribution in [0.1, 0.15) is 30.1 Å². The van der Waals surface area contributed by atoms with Crippen LogP contribution in [0.3, 0.4) is 0 Å². The Morgan fingerprint density at radius 2 is 2.28 bits per heavy atom. The number of hydrogen-bond donors (Lipinski definition) is 2. The summed E-state index contributed by atoms with van der Waals surface area (Å²) in [4.78, 5) is 12.0. The molecule has 0 spiro atoms. The van der Waals surface area contributed by atoms with E-state index in [0.717, 1.165) is 23.9 Å². The first-order valence-corrected chi connectivity index (χ1v) is 6.87. The largest absolute Gasteiger partial charge is 0.398 e. The molecule has 0 unspecified atom stereocenters. The van der Waals surface area contributed by atoms with Crippen LogP contribution in [0.4, 0.5) is 5.69 Å². The summed E-state index contributed by atoms with van der Waals surface area (Å²) < 4.78 is 6.30. The number of rotatable bonds is 4. The topological polar surface area (TPSA) is 64.3 Å². The average Bonchev–Trinajstić information content (AvgIpc) is 2.29. The molecule has 1 aromatic carbocycles. The van der Waals surface area contributed by atoms with Gasteiger partial charge in [0.15, 0.2) is 0 Å². The second-order valence-corrected chi connectivity index (χ2v) is 5.37. The third kappa shape index (κ3) is 3.03. The van der Waals surface area contributed by atoms with E-state index in [4.69, 9.17) is 10.5 Å². The smallest absolute Gasteiger partial charge is 0.253 e. The third-order valence-corrected chi connectivity index (χ3v) is 3.59. The van der Waals surface area contributed by atoms with Crippen molar-refractivity contribution in [3.8, 4) is 0 Å². The molecule has 1 aromatic rings. The molecule has 3 N–H and O–H groups in total. The van der Waals surface area contributed by atoms with Crippen LogP contribution in [0.5, 0.6) is 0 Å². The van der Waals surface area contributed by atoms with Crippen LogP contribution in [0.15, 0.2) is 22.7 Å². The lowest BCUT2D eigenvalue weighted by Crippen LogP contribution is -2.47. The molecular weight excluding hydrogens is 296 g/mol. The maximum atomic E-state index is 12.0. The lowest BCUT2D eigenvalue weighted by molar-refractivity contribution is -0.00861. The molecule has 1 saturated carbocycles. The monoisotopic (exact) mass is 312 g/mol. The summed E-state index contributed by atoms with van der Waals surface area (Å²) in [6.45, 7) is 2.71. The van der Waals surface area contributed by atoms with Crippen LogP contribution >= 0.6 is 15.9 Å². The number of benzene rings is 1. The van der Waals surface area contributed by atoms with E-state index in [1.807, 2.05) is 13.0 Å². The van der Waals surface area contributed by atoms with E-state index >= 15 is 0 Å². The molecule has 0 saturated heterocycles. The number of hydrogen-bond acceptors (Lipinski definition) is 3. The summed E-state index contributed by atoms with van der Waals surface area (Å²) in [5, 5.41) is 2.97. The number of carbonyl (C=O) groups excluding carboxylic acids is 1. The van der Waals surface area contributed by atoms with Crippen molar-refractivity contribution in [1.82, 2.24) is 5.32 Å². The van der Waals surface area contributed by atoms with E-state index in [2.05, 4.69) is 21.2 Å². The first kappa shape index (κ1) is 13.4. The lowest BCUT2D eigenvalue weighted by atomic mass is 9.89. The van der Waals surface area contributed by atoms with Gasteiger partial charge in [-0.05, 0) is 38.0 Å². The summed E-state index contributed by atoms with van der Waals surface area (Å²) in [7, 11) is 0. The minimum atomic E-state index is -0.117. The Bertz CT molecular complexity index is 445. The summed E-state index contributed by atoms with van der Waals surface area (Å²) >= 11 is 3.34. The molecule has 0 aromatic heterocycles. The Hall–Kier alpha value is -1.07. The van der Waals surface area contributed by atoms with E-state index < -0.39 is 0 Å². The molecule has 0 heterocycles. The van der Waals surface area contributed by atoms with Gasteiger partial charge in [0.2, 0.25) is 0 Å². The van der Waals surface area contributed by atoms with Crippen LogP contribution in [-0.4, -0.2) is 24.7 Å². The quantitative estimate of drug-likeness (QED) is 0.839. The lowest BCUT2D eigenvalue weighted by Gasteiger charge is -2.35. The SMILES string of the molecule is CCOC1CC(NC(=O)c2cc(Br)ccc2N)C1. The Kier molecular flexibility index (Phi) is 4.24. The third-order valence-electron chi connectivity index (χ3n) is 3.09. The van der Waals surface area contributed by atoms with Crippen molar-refractivity contribution >= 4 is 27.5 Å². The van der Waals surface area contributed by atoms with Gasteiger partial charge in [-0.2, -0.15) is 0 Å². The number of ether oxygens (including phenoxy) is 1. The second-order valence-electron chi connectivity index (χ2n) is 4.45. The molecule has 1 fully saturated rings.